The monoisotopic (exact) mass is 311 g/mol. The number of nitrogens with one attached hydrogen (secondary N) is 1. The molecule has 0 amide bonds. The Labute approximate surface area is 120 Å². The maximum atomic E-state index is 3.75. The van der Waals surface area contributed by atoms with Crippen LogP contribution in [0.1, 0.15) is 58.6 Å². The summed E-state index contributed by atoms with van der Waals surface area (Å²) in [7, 11) is 0. The number of benzene rings is 1. The molecule has 0 aliphatic rings. The molecule has 102 valence electrons. The Morgan fingerprint density at radius 1 is 1.17 bits per heavy atom. The van der Waals surface area contributed by atoms with Gasteiger partial charge in [-0.15, -0.1) is 0 Å². The molecule has 1 nitrogen and oxygen atoms in total. The molecule has 3 atom stereocenters. The second-order valence-electron chi connectivity index (χ2n) is 5.30. The molecule has 1 aromatic rings. The fourth-order valence-electron chi connectivity index (χ4n) is 2.23. The molecule has 0 spiro atoms. The van der Waals surface area contributed by atoms with Crippen LogP contribution in [0.4, 0.5) is 0 Å². The van der Waals surface area contributed by atoms with Crippen LogP contribution in [0.5, 0.6) is 0 Å². The van der Waals surface area contributed by atoms with Crippen molar-refractivity contribution in [2.45, 2.75) is 59.0 Å². The van der Waals surface area contributed by atoms with Gasteiger partial charge in [0.15, 0.2) is 0 Å². The second kappa shape index (κ2) is 7.96. The maximum absolute atomic E-state index is 3.75. The van der Waals surface area contributed by atoms with Crippen molar-refractivity contribution in [3.63, 3.8) is 0 Å². The smallest absolute Gasteiger partial charge is 0.0294 e. The highest BCUT2D eigenvalue weighted by molar-refractivity contribution is 9.10. The van der Waals surface area contributed by atoms with Gasteiger partial charge in [-0.05, 0) is 43.4 Å². The van der Waals surface area contributed by atoms with E-state index < -0.39 is 0 Å². The SMILES string of the molecule is CCC(C)CC(CC)N[C@@H](C)c1cccc(Br)c1. The molecule has 0 aliphatic carbocycles. The summed E-state index contributed by atoms with van der Waals surface area (Å²) >= 11 is 3.54. The molecular formula is C16H26BrN. The summed E-state index contributed by atoms with van der Waals surface area (Å²) in [6.45, 7) is 9.14. The first-order valence-electron chi connectivity index (χ1n) is 7.08. The normalized spacial score (nSPS) is 16.3. The lowest BCUT2D eigenvalue weighted by molar-refractivity contribution is 0.359. The van der Waals surface area contributed by atoms with E-state index in [0.717, 1.165) is 10.4 Å². The standard InChI is InChI=1S/C16H26BrN/c1-5-12(3)10-16(6-2)18-13(4)14-8-7-9-15(17)11-14/h7-9,11-13,16,18H,5-6,10H2,1-4H3/t12?,13-,16?/m0/s1. The predicted molar refractivity (Wildman–Crippen MR) is 83.8 cm³/mol. The third-order valence-corrected chi connectivity index (χ3v) is 4.20. The molecule has 1 N–H and O–H groups in total. The fraction of sp³-hybridized carbons (Fsp3) is 0.625. The van der Waals surface area contributed by atoms with Crippen LogP contribution in [0.2, 0.25) is 0 Å². The van der Waals surface area contributed by atoms with Crippen molar-refractivity contribution in [2.75, 3.05) is 0 Å². The van der Waals surface area contributed by atoms with E-state index in [-0.39, 0.29) is 0 Å². The first-order chi connectivity index (χ1) is 8.56. The molecule has 0 fully saturated rings. The van der Waals surface area contributed by atoms with Crippen LogP contribution in [-0.2, 0) is 0 Å². The van der Waals surface area contributed by atoms with Crippen molar-refractivity contribution in [1.82, 2.24) is 5.32 Å². The van der Waals surface area contributed by atoms with Crippen LogP contribution in [0.15, 0.2) is 28.7 Å². The van der Waals surface area contributed by atoms with Gasteiger partial charge in [0.25, 0.3) is 0 Å². The average molecular weight is 312 g/mol. The molecule has 2 heteroatoms. The average Bonchev–Trinajstić information content (AvgIpc) is 2.37. The summed E-state index contributed by atoms with van der Waals surface area (Å²) in [4.78, 5) is 0. The van der Waals surface area contributed by atoms with Gasteiger partial charge in [0.1, 0.15) is 0 Å². The molecule has 0 radical (unpaired) electrons. The van der Waals surface area contributed by atoms with Crippen molar-refractivity contribution in [3.8, 4) is 0 Å². The zero-order chi connectivity index (χ0) is 13.5. The molecule has 0 bridgehead atoms. The minimum atomic E-state index is 0.413. The van der Waals surface area contributed by atoms with Gasteiger partial charge in [-0.25, -0.2) is 0 Å². The highest BCUT2D eigenvalue weighted by Gasteiger charge is 2.14. The first-order valence-corrected chi connectivity index (χ1v) is 7.87. The van der Waals surface area contributed by atoms with Crippen LogP contribution >= 0.6 is 15.9 Å². The van der Waals surface area contributed by atoms with Gasteiger partial charge in [-0.2, -0.15) is 0 Å². The van der Waals surface area contributed by atoms with Crippen molar-refractivity contribution >= 4 is 15.9 Å². The second-order valence-corrected chi connectivity index (χ2v) is 6.21. The van der Waals surface area contributed by atoms with Gasteiger partial charge in [0, 0.05) is 16.6 Å². The lowest BCUT2D eigenvalue weighted by Crippen LogP contribution is -2.32. The summed E-state index contributed by atoms with van der Waals surface area (Å²) < 4.78 is 1.16. The van der Waals surface area contributed by atoms with Gasteiger partial charge in [0.05, 0.1) is 0 Å². The van der Waals surface area contributed by atoms with Gasteiger partial charge in [0.2, 0.25) is 0 Å². The zero-order valence-corrected chi connectivity index (χ0v) is 13.6. The summed E-state index contributed by atoms with van der Waals surface area (Å²) in [6, 6.07) is 9.61. The van der Waals surface area contributed by atoms with E-state index in [9.17, 15) is 0 Å². The van der Waals surface area contributed by atoms with Crippen molar-refractivity contribution in [1.29, 1.82) is 0 Å². The fourth-order valence-corrected chi connectivity index (χ4v) is 2.65. The van der Waals surface area contributed by atoms with Crippen LogP contribution in [0, 0.1) is 5.92 Å². The molecule has 0 heterocycles. The number of hydrogen-bond donors (Lipinski definition) is 1. The molecule has 1 aromatic carbocycles. The van der Waals surface area contributed by atoms with E-state index in [4.69, 9.17) is 0 Å². The first kappa shape index (κ1) is 15.7. The molecule has 1 rings (SSSR count). The Bertz CT molecular complexity index is 351. The summed E-state index contributed by atoms with van der Waals surface area (Å²) in [5.74, 6) is 0.803. The lowest BCUT2D eigenvalue weighted by Gasteiger charge is -2.25. The third kappa shape index (κ3) is 5.11. The molecule has 18 heavy (non-hydrogen) atoms. The summed E-state index contributed by atoms with van der Waals surface area (Å²) in [6.07, 6.45) is 3.73. The molecule has 0 saturated carbocycles. The van der Waals surface area contributed by atoms with Gasteiger partial charge < -0.3 is 5.32 Å². The van der Waals surface area contributed by atoms with E-state index in [1.54, 1.807) is 0 Å². The van der Waals surface area contributed by atoms with Gasteiger partial charge in [-0.3, -0.25) is 0 Å². The molecule has 2 unspecified atom stereocenters. The maximum Gasteiger partial charge on any atom is 0.0294 e. The highest BCUT2D eigenvalue weighted by Crippen LogP contribution is 2.20. The van der Waals surface area contributed by atoms with E-state index in [0.29, 0.717) is 12.1 Å². The third-order valence-electron chi connectivity index (χ3n) is 3.71. The van der Waals surface area contributed by atoms with Crippen LogP contribution in [-0.4, -0.2) is 6.04 Å². The minimum Gasteiger partial charge on any atom is -0.307 e. The minimum absolute atomic E-state index is 0.413. The molecule has 0 aliphatic heterocycles. The Kier molecular flexibility index (Phi) is 6.95. The number of rotatable bonds is 7. The lowest BCUT2D eigenvalue weighted by atomic mass is 9.96. The van der Waals surface area contributed by atoms with Crippen molar-refractivity contribution in [2.24, 2.45) is 5.92 Å². The molecule has 0 saturated heterocycles. The number of hydrogen-bond acceptors (Lipinski definition) is 1. The largest absolute Gasteiger partial charge is 0.307 e. The zero-order valence-electron chi connectivity index (χ0n) is 12.0. The van der Waals surface area contributed by atoms with E-state index in [2.05, 4.69) is 73.2 Å². The van der Waals surface area contributed by atoms with E-state index in [1.807, 2.05) is 0 Å². The van der Waals surface area contributed by atoms with E-state index >= 15 is 0 Å². The van der Waals surface area contributed by atoms with Gasteiger partial charge in [-0.1, -0.05) is 55.3 Å². The Hall–Kier alpha value is -0.340. The van der Waals surface area contributed by atoms with E-state index in [1.165, 1.54) is 24.8 Å². The summed E-state index contributed by atoms with van der Waals surface area (Å²) in [5.41, 5.74) is 1.35. The Balaban J connectivity index is 2.59. The summed E-state index contributed by atoms with van der Waals surface area (Å²) in [5, 5.41) is 3.75. The Morgan fingerprint density at radius 2 is 1.89 bits per heavy atom. The van der Waals surface area contributed by atoms with Crippen LogP contribution in [0.3, 0.4) is 0 Å². The Morgan fingerprint density at radius 3 is 2.44 bits per heavy atom. The van der Waals surface area contributed by atoms with Crippen LogP contribution in [0.25, 0.3) is 0 Å². The number of halogens is 1. The molecular weight excluding hydrogens is 286 g/mol. The van der Waals surface area contributed by atoms with Crippen molar-refractivity contribution < 1.29 is 0 Å². The van der Waals surface area contributed by atoms with Crippen LogP contribution < -0.4 is 5.32 Å². The van der Waals surface area contributed by atoms with Gasteiger partial charge >= 0.3 is 0 Å². The molecule has 0 aromatic heterocycles. The highest BCUT2D eigenvalue weighted by atomic mass is 79.9. The topological polar surface area (TPSA) is 12.0 Å². The predicted octanol–water partition coefficient (Wildman–Crippen LogP) is 5.31. The van der Waals surface area contributed by atoms with Crippen molar-refractivity contribution in [3.05, 3.63) is 34.3 Å². The quantitative estimate of drug-likeness (QED) is 0.719.